The smallest absolute Gasteiger partial charge is 0.237 e. The number of nitrogens with zero attached hydrogens (tertiary/aromatic N) is 3. The third kappa shape index (κ3) is 3.67. The fourth-order valence-corrected chi connectivity index (χ4v) is 4.13. The van der Waals surface area contributed by atoms with E-state index in [9.17, 15) is 4.79 Å². The number of hydrogen-bond acceptors (Lipinski definition) is 6. The highest BCUT2D eigenvalue weighted by molar-refractivity contribution is 8.00. The normalized spacial score (nSPS) is 12.2. The van der Waals surface area contributed by atoms with Crippen LogP contribution in [-0.2, 0) is 4.79 Å². The van der Waals surface area contributed by atoms with Gasteiger partial charge in [-0.25, -0.2) is 4.68 Å². The third-order valence-corrected chi connectivity index (χ3v) is 6.00. The second kappa shape index (κ2) is 7.42. The fraction of sp³-hybridized carbons (Fsp3) is 0.105. The van der Waals surface area contributed by atoms with E-state index in [0.717, 1.165) is 21.3 Å². The summed E-state index contributed by atoms with van der Waals surface area (Å²) in [7, 11) is 0. The van der Waals surface area contributed by atoms with E-state index >= 15 is 0 Å². The molecule has 0 radical (unpaired) electrons. The minimum atomic E-state index is -0.376. The molecule has 3 N–H and O–H groups in total. The Morgan fingerprint density at radius 1 is 1.15 bits per heavy atom. The van der Waals surface area contributed by atoms with Gasteiger partial charge >= 0.3 is 0 Å². The highest BCUT2D eigenvalue weighted by Crippen LogP contribution is 2.28. The Bertz CT molecular complexity index is 1090. The number of carbonyl (C=O) groups excluding carboxylic acids is 1. The van der Waals surface area contributed by atoms with Crippen molar-refractivity contribution in [1.82, 2.24) is 14.9 Å². The second-order valence-corrected chi connectivity index (χ2v) is 8.22. The quantitative estimate of drug-likeness (QED) is 0.394. The van der Waals surface area contributed by atoms with Crippen molar-refractivity contribution in [2.45, 2.75) is 17.3 Å². The molecule has 0 saturated carbocycles. The molecule has 0 aliphatic heterocycles. The number of nitrogens with two attached hydrogens (primary N) is 1. The van der Waals surface area contributed by atoms with Crippen LogP contribution in [-0.4, -0.2) is 26.0 Å². The highest BCUT2D eigenvalue weighted by atomic mass is 32.2. The van der Waals surface area contributed by atoms with Crippen LogP contribution in [0.2, 0.25) is 0 Å². The Hall–Kier alpha value is -2.84. The van der Waals surface area contributed by atoms with Gasteiger partial charge in [0.25, 0.3) is 0 Å². The van der Waals surface area contributed by atoms with Gasteiger partial charge in [0.1, 0.15) is 0 Å². The summed E-state index contributed by atoms with van der Waals surface area (Å²) in [5, 5.41) is 15.5. The summed E-state index contributed by atoms with van der Waals surface area (Å²) in [5.74, 6) is 6.58. The van der Waals surface area contributed by atoms with Crippen molar-refractivity contribution in [3.63, 3.8) is 0 Å². The number of aromatic nitrogens is 3. The molecule has 27 heavy (non-hydrogen) atoms. The molecular formula is C19H17N5OS2. The number of rotatable bonds is 5. The molecule has 2 aromatic carbocycles. The summed E-state index contributed by atoms with van der Waals surface area (Å²) in [4.78, 5) is 13.5. The first-order valence-electron chi connectivity index (χ1n) is 8.32. The molecule has 1 atom stereocenters. The largest absolute Gasteiger partial charge is 0.335 e. The molecule has 1 amide bonds. The molecular weight excluding hydrogens is 378 g/mol. The van der Waals surface area contributed by atoms with E-state index in [4.69, 9.17) is 5.84 Å². The number of fused-ring (bicyclic) bond motifs is 1. The van der Waals surface area contributed by atoms with E-state index in [1.165, 1.54) is 27.8 Å². The number of hydrogen-bond donors (Lipinski definition) is 2. The summed E-state index contributed by atoms with van der Waals surface area (Å²) < 4.78 is 1.43. The van der Waals surface area contributed by atoms with E-state index < -0.39 is 0 Å². The molecule has 8 heteroatoms. The molecule has 6 nitrogen and oxygen atoms in total. The van der Waals surface area contributed by atoms with E-state index in [-0.39, 0.29) is 11.2 Å². The maximum Gasteiger partial charge on any atom is 0.237 e. The highest BCUT2D eigenvalue weighted by Gasteiger charge is 2.20. The lowest BCUT2D eigenvalue weighted by atomic mass is 10.1. The minimum absolute atomic E-state index is 0.115. The molecule has 2 heterocycles. The maximum atomic E-state index is 12.6. The molecule has 0 aliphatic rings. The number of thioether (sulfide) groups is 1. The van der Waals surface area contributed by atoms with Gasteiger partial charge in [0.2, 0.25) is 11.1 Å². The number of nitrogen functional groups attached to an aromatic ring is 1. The van der Waals surface area contributed by atoms with Crippen molar-refractivity contribution in [2.75, 3.05) is 11.2 Å². The van der Waals surface area contributed by atoms with Crippen LogP contribution < -0.4 is 11.2 Å². The number of nitrogens with one attached hydrogen (secondary N) is 1. The lowest BCUT2D eigenvalue weighted by molar-refractivity contribution is -0.115. The average molecular weight is 396 g/mol. The van der Waals surface area contributed by atoms with Gasteiger partial charge in [0, 0.05) is 5.69 Å². The van der Waals surface area contributed by atoms with E-state index in [0.29, 0.717) is 11.0 Å². The molecule has 0 fully saturated rings. The molecule has 0 spiro atoms. The monoisotopic (exact) mass is 395 g/mol. The summed E-state index contributed by atoms with van der Waals surface area (Å²) in [6.45, 7) is 1.82. The fourth-order valence-electron chi connectivity index (χ4n) is 2.65. The van der Waals surface area contributed by atoms with Crippen molar-refractivity contribution in [3.8, 4) is 10.7 Å². The predicted molar refractivity (Wildman–Crippen MR) is 111 cm³/mol. The lowest BCUT2D eigenvalue weighted by Crippen LogP contribution is -2.23. The lowest BCUT2D eigenvalue weighted by Gasteiger charge is -2.12. The zero-order valence-electron chi connectivity index (χ0n) is 14.5. The van der Waals surface area contributed by atoms with Crippen molar-refractivity contribution < 1.29 is 4.79 Å². The molecule has 0 aliphatic carbocycles. The maximum absolute atomic E-state index is 12.6. The van der Waals surface area contributed by atoms with Crippen LogP contribution in [0.25, 0.3) is 21.5 Å². The van der Waals surface area contributed by atoms with Gasteiger partial charge in [0.05, 0.1) is 10.1 Å². The summed E-state index contributed by atoms with van der Waals surface area (Å²) in [6.07, 6.45) is 0. The van der Waals surface area contributed by atoms with Crippen LogP contribution in [0.4, 0.5) is 5.69 Å². The van der Waals surface area contributed by atoms with E-state index in [2.05, 4.69) is 15.5 Å². The number of benzene rings is 2. The van der Waals surface area contributed by atoms with Crippen molar-refractivity contribution in [1.29, 1.82) is 0 Å². The van der Waals surface area contributed by atoms with Gasteiger partial charge in [-0.3, -0.25) is 4.79 Å². The standard InChI is InChI=1S/C19H17N5OS2/c1-12(27-19-23-22-17(24(19)20)16-7-4-10-26-16)18(25)21-15-9-8-13-5-2-3-6-14(13)11-15/h2-12H,20H2,1H3,(H,21,25)/t12-/m1/s1. The minimum Gasteiger partial charge on any atom is -0.335 e. The van der Waals surface area contributed by atoms with Gasteiger partial charge < -0.3 is 11.2 Å². The zero-order chi connectivity index (χ0) is 18.8. The molecule has 136 valence electrons. The SMILES string of the molecule is C[C@@H](Sc1nnc(-c2cccs2)n1N)C(=O)Nc1ccc2ccccc2c1. The van der Waals surface area contributed by atoms with Crippen molar-refractivity contribution in [2.24, 2.45) is 0 Å². The Labute approximate surface area is 164 Å². The molecule has 0 unspecified atom stereocenters. The topological polar surface area (TPSA) is 85.8 Å². The predicted octanol–water partition coefficient (Wildman–Crippen LogP) is 3.99. The van der Waals surface area contributed by atoms with Crippen molar-refractivity contribution in [3.05, 3.63) is 60.0 Å². The summed E-state index contributed by atoms with van der Waals surface area (Å²) >= 11 is 2.82. The van der Waals surface area contributed by atoms with Crippen LogP contribution in [0.15, 0.2) is 65.1 Å². The van der Waals surface area contributed by atoms with E-state index in [1.807, 2.05) is 66.9 Å². The molecule has 0 bridgehead atoms. The van der Waals surface area contributed by atoms with Gasteiger partial charge in [-0.05, 0) is 41.3 Å². The van der Waals surface area contributed by atoms with Crippen molar-refractivity contribution >= 4 is 45.5 Å². The second-order valence-electron chi connectivity index (χ2n) is 5.96. The summed E-state index contributed by atoms with van der Waals surface area (Å²) in [5.41, 5.74) is 0.764. The molecule has 2 aromatic heterocycles. The van der Waals surface area contributed by atoms with E-state index in [1.54, 1.807) is 0 Å². The Morgan fingerprint density at radius 3 is 2.74 bits per heavy atom. The first-order valence-corrected chi connectivity index (χ1v) is 10.1. The summed E-state index contributed by atoms with van der Waals surface area (Å²) in [6, 6.07) is 17.8. The van der Waals surface area contributed by atoms with Crippen LogP contribution in [0.1, 0.15) is 6.92 Å². The number of thiophene rings is 1. The number of carbonyl (C=O) groups is 1. The number of amides is 1. The van der Waals surface area contributed by atoms with Gasteiger partial charge in [-0.15, -0.1) is 21.5 Å². The third-order valence-electron chi connectivity index (χ3n) is 4.07. The van der Waals surface area contributed by atoms with Gasteiger partial charge in [0.15, 0.2) is 5.82 Å². The molecule has 0 saturated heterocycles. The first-order chi connectivity index (χ1) is 13.1. The van der Waals surface area contributed by atoms with Crippen LogP contribution in [0.3, 0.4) is 0 Å². The van der Waals surface area contributed by atoms with Crippen LogP contribution in [0, 0.1) is 0 Å². The van der Waals surface area contributed by atoms with Crippen LogP contribution >= 0.6 is 23.1 Å². The van der Waals surface area contributed by atoms with Crippen LogP contribution in [0.5, 0.6) is 0 Å². The Morgan fingerprint density at radius 2 is 1.96 bits per heavy atom. The Balaban J connectivity index is 1.46. The van der Waals surface area contributed by atoms with Gasteiger partial charge in [-0.1, -0.05) is 48.2 Å². The Kier molecular flexibility index (Phi) is 4.83. The molecule has 4 aromatic rings. The number of anilines is 1. The molecule has 4 rings (SSSR count). The first kappa shape index (κ1) is 17.6. The zero-order valence-corrected chi connectivity index (χ0v) is 16.1. The average Bonchev–Trinajstić information content (AvgIpc) is 3.32. The van der Waals surface area contributed by atoms with Gasteiger partial charge in [-0.2, -0.15) is 0 Å².